The molecule has 1 aromatic carbocycles. The van der Waals surface area contributed by atoms with E-state index in [9.17, 15) is 9.59 Å². The average Bonchev–Trinajstić information content (AvgIpc) is 3.23. The number of nitrogens with zero attached hydrogens (tertiary/aromatic N) is 1. The van der Waals surface area contributed by atoms with Crippen LogP contribution in [0.4, 0.5) is 16.2 Å². The number of carbonyl (C=O) groups excluding carboxylic acids is 2. The summed E-state index contributed by atoms with van der Waals surface area (Å²) in [7, 11) is 0. The lowest BCUT2D eigenvalue weighted by Crippen LogP contribution is -2.28. The monoisotopic (exact) mass is 299 g/mol. The Bertz CT molecular complexity index is 616. The van der Waals surface area contributed by atoms with Gasteiger partial charge in [-0.05, 0) is 49.3 Å². The van der Waals surface area contributed by atoms with Crippen LogP contribution in [0.3, 0.4) is 0 Å². The lowest BCUT2D eigenvalue weighted by Gasteiger charge is -2.21. The van der Waals surface area contributed by atoms with Crippen molar-refractivity contribution in [3.63, 3.8) is 0 Å². The van der Waals surface area contributed by atoms with Crippen LogP contribution in [0.1, 0.15) is 25.7 Å². The normalized spacial score (nSPS) is 29.7. The molecule has 0 aromatic heterocycles. The quantitative estimate of drug-likeness (QED) is 0.901. The third-order valence-electron chi connectivity index (χ3n) is 5.36. The third kappa shape index (κ3) is 2.34. The number of hydrogen-bond donors (Lipinski definition) is 2. The van der Waals surface area contributed by atoms with E-state index in [0.717, 1.165) is 23.7 Å². The van der Waals surface area contributed by atoms with E-state index in [1.807, 2.05) is 24.3 Å². The smallest absolute Gasteiger partial charge is 0.321 e. The minimum absolute atomic E-state index is 0.0726. The van der Waals surface area contributed by atoms with Crippen molar-refractivity contribution in [1.29, 1.82) is 0 Å². The summed E-state index contributed by atoms with van der Waals surface area (Å²) in [4.78, 5) is 25.9. The van der Waals surface area contributed by atoms with Gasteiger partial charge in [-0.3, -0.25) is 9.69 Å². The first-order valence-electron chi connectivity index (χ1n) is 8.17. The molecule has 5 heteroatoms. The first-order valence-corrected chi connectivity index (χ1v) is 8.17. The van der Waals surface area contributed by atoms with E-state index in [-0.39, 0.29) is 17.9 Å². The largest absolute Gasteiger partial charge is 0.336 e. The summed E-state index contributed by atoms with van der Waals surface area (Å²) in [5, 5.41) is 5.84. The molecule has 22 heavy (non-hydrogen) atoms. The topological polar surface area (TPSA) is 61.4 Å². The SMILES string of the molecule is O=C(Nc1cccc(N2CCNC2=O)c1)[C@H]1C[C@H]2CC[C@H]1C2. The third-order valence-corrected chi connectivity index (χ3v) is 5.36. The summed E-state index contributed by atoms with van der Waals surface area (Å²) < 4.78 is 0. The van der Waals surface area contributed by atoms with E-state index in [1.54, 1.807) is 4.90 Å². The van der Waals surface area contributed by atoms with E-state index in [1.165, 1.54) is 19.3 Å². The molecular weight excluding hydrogens is 278 g/mol. The molecule has 1 saturated heterocycles. The van der Waals surface area contributed by atoms with E-state index < -0.39 is 0 Å². The van der Waals surface area contributed by atoms with Gasteiger partial charge in [0.15, 0.2) is 0 Å². The fraction of sp³-hybridized carbons (Fsp3) is 0.529. The molecule has 2 aliphatic carbocycles. The maximum atomic E-state index is 12.5. The zero-order valence-electron chi connectivity index (χ0n) is 12.5. The van der Waals surface area contributed by atoms with Crippen molar-refractivity contribution in [3.8, 4) is 0 Å². The van der Waals surface area contributed by atoms with Crippen LogP contribution in [0, 0.1) is 17.8 Å². The van der Waals surface area contributed by atoms with Crippen LogP contribution in [-0.2, 0) is 4.79 Å². The molecule has 0 radical (unpaired) electrons. The van der Waals surface area contributed by atoms with Crippen molar-refractivity contribution >= 4 is 23.3 Å². The fourth-order valence-electron chi connectivity index (χ4n) is 4.27. The molecule has 4 rings (SSSR count). The second-order valence-corrected chi connectivity index (χ2v) is 6.70. The Balaban J connectivity index is 1.46. The maximum absolute atomic E-state index is 12.5. The predicted molar refractivity (Wildman–Crippen MR) is 84.8 cm³/mol. The standard InChI is InChI=1S/C17H21N3O2/c21-16(15-9-11-4-5-12(15)8-11)19-13-2-1-3-14(10-13)20-7-6-18-17(20)22/h1-3,10-12,15H,4-9H2,(H,18,22)(H,19,21)/t11-,12-,15-/m0/s1. The van der Waals surface area contributed by atoms with Crippen LogP contribution in [0.2, 0.25) is 0 Å². The van der Waals surface area contributed by atoms with Crippen LogP contribution in [0.15, 0.2) is 24.3 Å². The highest BCUT2D eigenvalue weighted by Gasteiger charge is 2.43. The number of benzene rings is 1. The van der Waals surface area contributed by atoms with Gasteiger partial charge in [0.05, 0.1) is 0 Å². The molecule has 3 atom stereocenters. The van der Waals surface area contributed by atoms with Crippen molar-refractivity contribution in [3.05, 3.63) is 24.3 Å². The second kappa shape index (κ2) is 5.30. The lowest BCUT2D eigenvalue weighted by atomic mass is 9.88. The van der Waals surface area contributed by atoms with E-state index >= 15 is 0 Å². The van der Waals surface area contributed by atoms with Gasteiger partial charge < -0.3 is 10.6 Å². The second-order valence-electron chi connectivity index (χ2n) is 6.70. The number of hydrogen-bond acceptors (Lipinski definition) is 2. The lowest BCUT2D eigenvalue weighted by molar-refractivity contribution is -0.121. The zero-order valence-corrected chi connectivity index (χ0v) is 12.5. The first kappa shape index (κ1) is 13.6. The van der Waals surface area contributed by atoms with Crippen LogP contribution < -0.4 is 15.5 Å². The summed E-state index contributed by atoms with van der Waals surface area (Å²) in [5.74, 6) is 1.67. The molecule has 2 bridgehead atoms. The van der Waals surface area contributed by atoms with Gasteiger partial charge in [0.2, 0.25) is 5.91 Å². The maximum Gasteiger partial charge on any atom is 0.321 e. The van der Waals surface area contributed by atoms with Crippen molar-refractivity contribution < 1.29 is 9.59 Å². The van der Waals surface area contributed by atoms with Crippen molar-refractivity contribution in [2.45, 2.75) is 25.7 Å². The molecular formula is C17H21N3O2. The summed E-state index contributed by atoms with van der Waals surface area (Å²) in [5.41, 5.74) is 1.62. The molecule has 1 aliphatic heterocycles. The Morgan fingerprint density at radius 2 is 2.18 bits per heavy atom. The minimum atomic E-state index is -0.0726. The van der Waals surface area contributed by atoms with E-state index in [2.05, 4.69) is 10.6 Å². The van der Waals surface area contributed by atoms with Crippen LogP contribution in [-0.4, -0.2) is 25.0 Å². The molecule has 3 amide bonds. The van der Waals surface area contributed by atoms with E-state index in [4.69, 9.17) is 0 Å². The van der Waals surface area contributed by atoms with Crippen LogP contribution in [0.25, 0.3) is 0 Å². The number of anilines is 2. The summed E-state index contributed by atoms with van der Waals surface area (Å²) in [6, 6.07) is 7.49. The Labute approximate surface area is 130 Å². The Kier molecular flexibility index (Phi) is 3.28. The van der Waals surface area contributed by atoms with Gasteiger partial charge in [0.1, 0.15) is 0 Å². The Morgan fingerprint density at radius 3 is 2.86 bits per heavy atom. The number of rotatable bonds is 3. The summed E-state index contributed by atoms with van der Waals surface area (Å²) in [6.07, 6.45) is 4.78. The molecule has 5 nitrogen and oxygen atoms in total. The van der Waals surface area contributed by atoms with Gasteiger partial charge in [-0.2, -0.15) is 0 Å². The first-order chi connectivity index (χ1) is 10.7. The molecule has 3 aliphatic rings. The van der Waals surface area contributed by atoms with Crippen molar-refractivity contribution in [2.75, 3.05) is 23.3 Å². The molecule has 3 fully saturated rings. The zero-order chi connectivity index (χ0) is 15.1. The number of fused-ring (bicyclic) bond motifs is 2. The molecule has 1 heterocycles. The van der Waals surface area contributed by atoms with Crippen LogP contribution >= 0.6 is 0 Å². The van der Waals surface area contributed by atoms with Gasteiger partial charge in [0, 0.05) is 30.4 Å². The fourth-order valence-corrected chi connectivity index (χ4v) is 4.27. The van der Waals surface area contributed by atoms with Gasteiger partial charge >= 0.3 is 6.03 Å². The van der Waals surface area contributed by atoms with Gasteiger partial charge in [0.25, 0.3) is 0 Å². The molecule has 116 valence electrons. The molecule has 2 saturated carbocycles. The molecule has 0 spiro atoms. The predicted octanol–water partition coefficient (Wildman–Crippen LogP) is 2.59. The van der Waals surface area contributed by atoms with Gasteiger partial charge in [-0.25, -0.2) is 4.79 Å². The number of amides is 3. The van der Waals surface area contributed by atoms with Crippen molar-refractivity contribution in [2.24, 2.45) is 17.8 Å². The van der Waals surface area contributed by atoms with Crippen LogP contribution in [0.5, 0.6) is 0 Å². The number of urea groups is 1. The number of carbonyl (C=O) groups is 2. The summed E-state index contributed by atoms with van der Waals surface area (Å²) in [6.45, 7) is 1.34. The van der Waals surface area contributed by atoms with Gasteiger partial charge in [-0.15, -0.1) is 0 Å². The molecule has 2 N–H and O–H groups in total. The summed E-state index contributed by atoms with van der Waals surface area (Å²) >= 11 is 0. The highest BCUT2D eigenvalue weighted by atomic mass is 16.2. The van der Waals surface area contributed by atoms with E-state index in [0.29, 0.717) is 19.0 Å². The Hall–Kier alpha value is -2.04. The molecule has 1 aromatic rings. The van der Waals surface area contributed by atoms with Gasteiger partial charge in [-0.1, -0.05) is 12.5 Å². The highest BCUT2D eigenvalue weighted by Crippen LogP contribution is 2.48. The van der Waals surface area contributed by atoms with Crippen molar-refractivity contribution in [1.82, 2.24) is 5.32 Å². The highest BCUT2D eigenvalue weighted by molar-refractivity contribution is 5.96. The minimum Gasteiger partial charge on any atom is -0.336 e. The number of nitrogens with one attached hydrogen (secondary N) is 2. The molecule has 0 unspecified atom stereocenters. The Morgan fingerprint density at radius 1 is 1.27 bits per heavy atom. The average molecular weight is 299 g/mol.